The summed E-state index contributed by atoms with van der Waals surface area (Å²) < 4.78 is 21.7. The molecule has 1 aliphatic rings. The van der Waals surface area contributed by atoms with E-state index in [9.17, 15) is 9.18 Å². The van der Waals surface area contributed by atoms with Crippen LogP contribution in [0.1, 0.15) is 25.5 Å². The van der Waals surface area contributed by atoms with Gasteiger partial charge in [0.2, 0.25) is 11.8 Å². The van der Waals surface area contributed by atoms with Crippen molar-refractivity contribution in [2.24, 2.45) is 0 Å². The number of fused-ring (bicyclic) bond motifs is 1. The molecule has 1 aliphatic carbocycles. The minimum atomic E-state index is -0.596. The molecule has 2 heterocycles. The van der Waals surface area contributed by atoms with Crippen LogP contribution in [-0.4, -0.2) is 57.4 Å². The van der Waals surface area contributed by atoms with E-state index in [1.54, 1.807) is 31.4 Å². The Hall–Kier alpha value is -3.23. The standard InChI is InChI=1S/C19H23FN6O2/c1-5-16(27)25(4)13-6-19(2,7-13)28-18-17-14(20)10-23-26(17)11-15(24-18)12(8-21)9-22-3/h5,8-11,13,21-22H,1,6-7H2,2-4H3/b12-9+,21-8?. The van der Waals surface area contributed by atoms with Crippen LogP contribution in [0.3, 0.4) is 0 Å². The monoisotopic (exact) mass is 386 g/mol. The number of nitrogens with one attached hydrogen (secondary N) is 2. The molecule has 3 rings (SSSR count). The van der Waals surface area contributed by atoms with Gasteiger partial charge in [0.15, 0.2) is 11.3 Å². The molecule has 2 aromatic rings. The first kappa shape index (κ1) is 19.5. The maximum Gasteiger partial charge on any atom is 0.245 e. The fourth-order valence-corrected chi connectivity index (χ4v) is 3.35. The molecule has 1 fully saturated rings. The summed E-state index contributed by atoms with van der Waals surface area (Å²) >= 11 is 0. The number of aromatic nitrogens is 3. The second-order valence-electron chi connectivity index (χ2n) is 7.02. The molecule has 1 saturated carbocycles. The van der Waals surface area contributed by atoms with Crippen molar-refractivity contribution in [3.8, 4) is 5.88 Å². The van der Waals surface area contributed by atoms with E-state index >= 15 is 0 Å². The van der Waals surface area contributed by atoms with Gasteiger partial charge in [0, 0.05) is 51.0 Å². The molecular formula is C19H23FN6O2. The number of hydrogen-bond donors (Lipinski definition) is 2. The maximum atomic E-state index is 14.3. The van der Waals surface area contributed by atoms with Gasteiger partial charge in [-0.2, -0.15) is 5.10 Å². The van der Waals surface area contributed by atoms with E-state index in [-0.39, 0.29) is 23.3 Å². The first-order valence-corrected chi connectivity index (χ1v) is 8.82. The molecule has 1 amide bonds. The lowest BCUT2D eigenvalue weighted by Gasteiger charge is -2.48. The Morgan fingerprint density at radius 1 is 1.57 bits per heavy atom. The van der Waals surface area contributed by atoms with Crippen LogP contribution in [0.15, 0.2) is 31.2 Å². The van der Waals surface area contributed by atoms with Gasteiger partial charge in [-0.25, -0.2) is 13.9 Å². The van der Waals surface area contributed by atoms with Gasteiger partial charge >= 0.3 is 0 Å². The fraction of sp³-hybridized carbons (Fsp3) is 0.368. The van der Waals surface area contributed by atoms with E-state index in [1.165, 1.54) is 10.6 Å². The lowest BCUT2D eigenvalue weighted by Crippen LogP contribution is -2.56. The average Bonchev–Trinajstić information content (AvgIpc) is 3.03. The molecule has 2 aromatic heterocycles. The van der Waals surface area contributed by atoms with E-state index in [4.69, 9.17) is 10.1 Å². The van der Waals surface area contributed by atoms with Gasteiger partial charge < -0.3 is 20.4 Å². The van der Waals surface area contributed by atoms with Crippen LogP contribution in [0.5, 0.6) is 5.88 Å². The molecule has 0 radical (unpaired) electrons. The number of ether oxygens (including phenoxy) is 1. The zero-order chi connectivity index (χ0) is 20.5. The number of carbonyl (C=O) groups excluding carboxylic acids is 1. The lowest BCUT2D eigenvalue weighted by molar-refractivity contribution is -0.134. The Morgan fingerprint density at radius 2 is 2.29 bits per heavy atom. The quantitative estimate of drug-likeness (QED) is 0.561. The van der Waals surface area contributed by atoms with Crippen molar-refractivity contribution in [3.63, 3.8) is 0 Å². The van der Waals surface area contributed by atoms with Crippen LogP contribution in [0, 0.1) is 11.2 Å². The molecule has 0 atom stereocenters. The third-order valence-corrected chi connectivity index (χ3v) is 4.92. The van der Waals surface area contributed by atoms with E-state index in [0.717, 1.165) is 12.4 Å². The highest BCUT2D eigenvalue weighted by molar-refractivity contribution is 6.07. The number of amides is 1. The predicted molar refractivity (Wildman–Crippen MR) is 104 cm³/mol. The van der Waals surface area contributed by atoms with Crippen LogP contribution < -0.4 is 10.1 Å². The van der Waals surface area contributed by atoms with E-state index in [1.807, 2.05) is 6.92 Å². The normalized spacial score (nSPS) is 21.7. The van der Waals surface area contributed by atoms with Crippen molar-refractivity contribution in [1.82, 2.24) is 24.8 Å². The minimum absolute atomic E-state index is 0.0192. The van der Waals surface area contributed by atoms with Gasteiger partial charge in [-0.05, 0) is 13.0 Å². The van der Waals surface area contributed by atoms with Gasteiger partial charge in [-0.15, -0.1) is 0 Å². The van der Waals surface area contributed by atoms with Gasteiger partial charge in [-0.1, -0.05) is 6.58 Å². The van der Waals surface area contributed by atoms with Crippen molar-refractivity contribution in [1.29, 1.82) is 5.41 Å². The molecule has 8 nitrogen and oxygen atoms in total. The molecule has 0 spiro atoms. The SMILES string of the molecule is C=CC(=O)N(C)C1CC(C)(Oc2nc(/C(C=N)=C/NC)cn3ncc(F)c23)C1. The molecule has 28 heavy (non-hydrogen) atoms. The third-order valence-electron chi connectivity index (χ3n) is 4.92. The Labute approximate surface area is 162 Å². The molecule has 0 aromatic carbocycles. The summed E-state index contributed by atoms with van der Waals surface area (Å²) in [4.78, 5) is 17.8. The highest BCUT2D eigenvalue weighted by atomic mass is 19.1. The number of rotatable bonds is 7. The largest absolute Gasteiger partial charge is 0.470 e. The highest BCUT2D eigenvalue weighted by Crippen LogP contribution is 2.40. The Bertz CT molecular complexity index is 961. The third kappa shape index (κ3) is 3.47. The zero-order valence-electron chi connectivity index (χ0n) is 16.1. The minimum Gasteiger partial charge on any atom is -0.470 e. The molecule has 0 saturated heterocycles. The number of nitrogens with zero attached hydrogens (tertiary/aromatic N) is 4. The smallest absolute Gasteiger partial charge is 0.245 e. The molecule has 0 unspecified atom stereocenters. The Morgan fingerprint density at radius 3 is 2.89 bits per heavy atom. The topological polar surface area (TPSA) is 95.6 Å². The second kappa shape index (κ2) is 7.41. The number of halogens is 1. The first-order chi connectivity index (χ1) is 13.3. The van der Waals surface area contributed by atoms with Gasteiger partial charge in [0.05, 0.1) is 18.1 Å². The zero-order valence-corrected chi connectivity index (χ0v) is 16.1. The van der Waals surface area contributed by atoms with Gasteiger partial charge in [0.25, 0.3) is 0 Å². The molecular weight excluding hydrogens is 363 g/mol. The first-order valence-electron chi connectivity index (χ1n) is 8.82. The molecule has 2 N–H and O–H groups in total. The molecule has 0 aliphatic heterocycles. The van der Waals surface area contributed by atoms with Gasteiger partial charge in [-0.3, -0.25) is 4.79 Å². The summed E-state index contributed by atoms with van der Waals surface area (Å²) in [5.74, 6) is -0.583. The van der Waals surface area contributed by atoms with Crippen molar-refractivity contribution in [2.75, 3.05) is 14.1 Å². The Kier molecular flexibility index (Phi) is 5.17. The number of hydrogen-bond acceptors (Lipinski definition) is 6. The summed E-state index contributed by atoms with van der Waals surface area (Å²) in [6.45, 7) is 5.40. The van der Waals surface area contributed by atoms with Crippen molar-refractivity contribution >= 4 is 23.2 Å². The van der Waals surface area contributed by atoms with Crippen LogP contribution >= 0.6 is 0 Å². The van der Waals surface area contributed by atoms with Crippen molar-refractivity contribution < 1.29 is 13.9 Å². The molecule has 9 heteroatoms. The van der Waals surface area contributed by atoms with Crippen LogP contribution in [0.4, 0.5) is 4.39 Å². The Balaban J connectivity index is 1.91. The predicted octanol–water partition coefficient (Wildman–Crippen LogP) is 2.02. The van der Waals surface area contributed by atoms with E-state index in [2.05, 4.69) is 22.0 Å². The summed E-state index contributed by atoms with van der Waals surface area (Å²) in [6.07, 6.45) is 7.85. The summed E-state index contributed by atoms with van der Waals surface area (Å²) in [6, 6.07) is 0.0192. The van der Waals surface area contributed by atoms with Crippen molar-refractivity contribution in [2.45, 2.75) is 31.4 Å². The average molecular weight is 386 g/mol. The molecule has 0 bridgehead atoms. The van der Waals surface area contributed by atoms with E-state index in [0.29, 0.717) is 24.1 Å². The molecule has 148 valence electrons. The summed E-state index contributed by atoms with van der Waals surface area (Å²) in [5.41, 5.74) is 0.463. The highest BCUT2D eigenvalue weighted by Gasteiger charge is 2.46. The maximum absolute atomic E-state index is 14.3. The van der Waals surface area contributed by atoms with E-state index < -0.39 is 11.4 Å². The lowest BCUT2D eigenvalue weighted by atomic mass is 9.76. The van der Waals surface area contributed by atoms with Crippen LogP contribution in [0.2, 0.25) is 0 Å². The van der Waals surface area contributed by atoms with Crippen LogP contribution in [-0.2, 0) is 4.79 Å². The number of likely N-dealkylation sites (N-methyl/N-ethyl adjacent to an activating group) is 1. The number of carbonyl (C=O) groups is 1. The number of allylic oxidation sites excluding steroid dienone is 1. The van der Waals surface area contributed by atoms with Gasteiger partial charge in [0.1, 0.15) is 5.60 Å². The van der Waals surface area contributed by atoms with Crippen LogP contribution in [0.25, 0.3) is 11.1 Å². The summed E-state index contributed by atoms with van der Waals surface area (Å²) in [7, 11) is 3.43. The summed E-state index contributed by atoms with van der Waals surface area (Å²) in [5, 5.41) is 14.4. The second-order valence-corrected chi connectivity index (χ2v) is 7.02. The fourth-order valence-electron chi connectivity index (χ4n) is 3.35. The van der Waals surface area contributed by atoms with Crippen molar-refractivity contribution in [3.05, 3.63) is 42.8 Å².